The van der Waals surface area contributed by atoms with Crippen LogP contribution in [0.3, 0.4) is 0 Å². The van der Waals surface area contributed by atoms with Gasteiger partial charge >= 0.3 is 0 Å². The molecule has 2 heterocycles. The first-order valence-electron chi connectivity index (χ1n) is 8.43. The third-order valence-electron chi connectivity index (χ3n) is 4.49. The SMILES string of the molecule is C#Cc1ccnc2ccc(-c3cnc(OC)c(NS(=O)(=O)C4CC4)c3)cc12. The molecule has 0 aliphatic heterocycles. The summed E-state index contributed by atoms with van der Waals surface area (Å²) in [5.41, 5.74) is 3.47. The van der Waals surface area contributed by atoms with Crippen molar-refractivity contribution in [3.63, 3.8) is 0 Å². The first-order valence-corrected chi connectivity index (χ1v) is 9.98. The van der Waals surface area contributed by atoms with Crippen LogP contribution in [0.5, 0.6) is 5.88 Å². The highest BCUT2D eigenvalue weighted by Crippen LogP contribution is 2.34. The molecule has 0 saturated heterocycles. The zero-order valence-corrected chi connectivity index (χ0v) is 15.5. The standard InChI is InChI=1S/C20H17N3O3S/c1-3-13-8-9-21-18-7-4-14(10-17(13)18)15-11-19(20(26-2)22-12-15)23-27(24,25)16-5-6-16/h1,4,7-12,16,23H,5-6H2,2H3. The van der Waals surface area contributed by atoms with Gasteiger partial charge in [0.25, 0.3) is 0 Å². The van der Waals surface area contributed by atoms with Gasteiger partial charge in [-0.3, -0.25) is 9.71 Å². The Hall–Kier alpha value is -3.11. The summed E-state index contributed by atoms with van der Waals surface area (Å²) >= 11 is 0. The molecular formula is C20H17N3O3S. The van der Waals surface area contributed by atoms with E-state index in [1.54, 1.807) is 24.5 Å². The number of rotatable bonds is 5. The molecule has 4 rings (SSSR count). The van der Waals surface area contributed by atoms with Crippen molar-refractivity contribution in [2.75, 3.05) is 11.8 Å². The smallest absolute Gasteiger partial charge is 0.238 e. The molecule has 0 unspecified atom stereocenters. The number of ether oxygens (including phenoxy) is 1. The molecule has 0 amide bonds. The van der Waals surface area contributed by atoms with E-state index in [0.29, 0.717) is 18.5 Å². The molecule has 3 aromatic rings. The van der Waals surface area contributed by atoms with Gasteiger partial charge < -0.3 is 4.74 Å². The van der Waals surface area contributed by atoms with E-state index in [2.05, 4.69) is 20.6 Å². The van der Waals surface area contributed by atoms with E-state index < -0.39 is 10.0 Å². The Morgan fingerprint density at radius 3 is 2.70 bits per heavy atom. The maximum Gasteiger partial charge on any atom is 0.238 e. The molecule has 7 heteroatoms. The second-order valence-corrected chi connectivity index (χ2v) is 8.32. The molecule has 136 valence electrons. The van der Waals surface area contributed by atoms with Crippen LogP contribution in [0.2, 0.25) is 0 Å². The number of benzene rings is 1. The summed E-state index contributed by atoms with van der Waals surface area (Å²) in [4.78, 5) is 8.58. The first kappa shape index (κ1) is 17.3. The molecule has 27 heavy (non-hydrogen) atoms. The average Bonchev–Trinajstić information content (AvgIpc) is 3.52. The number of methoxy groups -OCH3 is 1. The van der Waals surface area contributed by atoms with Crippen molar-refractivity contribution in [1.82, 2.24) is 9.97 Å². The number of nitrogens with one attached hydrogen (secondary N) is 1. The highest BCUT2D eigenvalue weighted by atomic mass is 32.2. The molecule has 0 radical (unpaired) electrons. The maximum atomic E-state index is 12.3. The molecule has 0 atom stereocenters. The summed E-state index contributed by atoms with van der Waals surface area (Å²) in [6, 6.07) is 9.22. The highest BCUT2D eigenvalue weighted by molar-refractivity contribution is 7.93. The van der Waals surface area contributed by atoms with Crippen molar-refractivity contribution in [1.29, 1.82) is 0 Å². The number of sulfonamides is 1. The predicted molar refractivity (Wildman–Crippen MR) is 105 cm³/mol. The van der Waals surface area contributed by atoms with Crippen LogP contribution in [0, 0.1) is 12.3 Å². The molecule has 1 aliphatic carbocycles. The van der Waals surface area contributed by atoms with Crippen molar-refractivity contribution in [3.8, 4) is 29.4 Å². The lowest BCUT2D eigenvalue weighted by molar-refractivity contribution is 0.400. The Kier molecular flexibility index (Phi) is 4.21. The molecule has 1 aliphatic rings. The average molecular weight is 379 g/mol. The minimum atomic E-state index is -3.42. The lowest BCUT2D eigenvalue weighted by Gasteiger charge is -2.12. The summed E-state index contributed by atoms with van der Waals surface area (Å²) in [6.07, 6.45) is 10.3. The second kappa shape index (κ2) is 6.56. The van der Waals surface area contributed by atoms with Crippen molar-refractivity contribution in [2.45, 2.75) is 18.1 Å². The van der Waals surface area contributed by atoms with Crippen LogP contribution in [0.25, 0.3) is 22.0 Å². The van der Waals surface area contributed by atoms with E-state index in [9.17, 15) is 8.42 Å². The Balaban J connectivity index is 1.79. The zero-order chi connectivity index (χ0) is 19.0. The van der Waals surface area contributed by atoms with Gasteiger partial charge in [0.1, 0.15) is 5.69 Å². The molecule has 1 aromatic carbocycles. The Labute approximate surface area is 157 Å². The minimum absolute atomic E-state index is 0.231. The summed E-state index contributed by atoms with van der Waals surface area (Å²) in [6.45, 7) is 0. The van der Waals surface area contributed by atoms with Crippen LogP contribution >= 0.6 is 0 Å². The quantitative estimate of drug-likeness (QED) is 0.689. The Morgan fingerprint density at radius 2 is 2.00 bits per heavy atom. The van der Waals surface area contributed by atoms with E-state index in [-0.39, 0.29) is 11.1 Å². The lowest BCUT2D eigenvalue weighted by atomic mass is 10.0. The monoisotopic (exact) mass is 379 g/mol. The fraction of sp³-hybridized carbons (Fsp3) is 0.200. The number of hydrogen-bond acceptors (Lipinski definition) is 5. The van der Waals surface area contributed by atoms with Gasteiger partial charge in [-0.2, -0.15) is 0 Å². The van der Waals surface area contributed by atoms with Gasteiger partial charge in [0.2, 0.25) is 15.9 Å². The third kappa shape index (κ3) is 3.32. The van der Waals surface area contributed by atoms with Crippen molar-refractivity contribution >= 4 is 26.6 Å². The van der Waals surface area contributed by atoms with E-state index in [1.165, 1.54) is 7.11 Å². The lowest BCUT2D eigenvalue weighted by Crippen LogP contribution is -2.18. The number of hydrogen-bond donors (Lipinski definition) is 1. The van der Waals surface area contributed by atoms with Gasteiger partial charge in [-0.1, -0.05) is 12.0 Å². The minimum Gasteiger partial charge on any atom is -0.480 e. The van der Waals surface area contributed by atoms with Crippen molar-refractivity contribution < 1.29 is 13.2 Å². The van der Waals surface area contributed by atoms with Crippen molar-refractivity contribution in [2.24, 2.45) is 0 Å². The van der Waals surface area contributed by atoms with Crippen molar-refractivity contribution in [3.05, 3.63) is 48.3 Å². The second-order valence-electron chi connectivity index (χ2n) is 6.36. The number of pyridine rings is 2. The number of terminal acetylenes is 1. The summed E-state index contributed by atoms with van der Waals surface area (Å²) < 4.78 is 32.4. The van der Waals surface area contributed by atoms with Gasteiger partial charge in [0.15, 0.2) is 0 Å². The summed E-state index contributed by atoms with van der Waals surface area (Å²) in [5.74, 6) is 2.89. The molecule has 6 nitrogen and oxygen atoms in total. The fourth-order valence-corrected chi connectivity index (χ4v) is 4.29. The zero-order valence-electron chi connectivity index (χ0n) is 14.6. The number of nitrogens with zero attached hydrogens (tertiary/aromatic N) is 2. The predicted octanol–water partition coefficient (Wildman–Crippen LogP) is 3.19. The van der Waals surface area contributed by atoms with Crippen LogP contribution in [0.4, 0.5) is 5.69 Å². The van der Waals surface area contributed by atoms with Gasteiger partial charge in [0, 0.05) is 28.9 Å². The van der Waals surface area contributed by atoms with Crippen LogP contribution in [-0.4, -0.2) is 30.7 Å². The third-order valence-corrected chi connectivity index (χ3v) is 6.34. The van der Waals surface area contributed by atoms with Gasteiger partial charge in [-0.05, 0) is 42.7 Å². The number of aromatic nitrogens is 2. The first-order chi connectivity index (χ1) is 13.0. The fourth-order valence-electron chi connectivity index (χ4n) is 2.91. The molecule has 2 aromatic heterocycles. The summed E-state index contributed by atoms with van der Waals surface area (Å²) in [7, 11) is -1.97. The van der Waals surface area contributed by atoms with E-state index in [4.69, 9.17) is 11.2 Å². The molecule has 1 N–H and O–H groups in total. The molecular weight excluding hydrogens is 362 g/mol. The van der Waals surface area contributed by atoms with E-state index in [0.717, 1.165) is 27.6 Å². The highest BCUT2D eigenvalue weighted by Gasteiger charge is 2.36. The maximum absolute atomic E-state index is 12.3. The molecule has 0 bridgehead atoms. The largest absolute Gasteiger partial charge is 0.480 e. The number of anilines is 1. The Bertz CT molecular complexity index is 1180. The van der Waals surface area contributed by atoms with E-state index in [1.807, 2.05) is 18.2 Å². The van der Waals surface area contributed by atoms with Gasteiger partial charge in [-0.25, -0.2) is 13.4 Å². The van der Waals surface area contributed by atoms with E-state index >= 15 is 0 Å². The topological polar surface area (TPSA) is 81.2 Å². The Morgan fingerprint density at radius 1 is 1.19 bits per heavy atom. The number of fused-ring (bicyclic) bond motifs is 1. The normalized spacial score (nSPS) is 13.9. The molecule has 1 fully saturated rings. The molecule has 1 saturated carbocycles. The van der Waals surface area contributed by atoms with Crippen LogP contribution in [0.1, 0.15) is 18.4 Å². The summed E-state index contributed by atoms with van der Waals surface area (Å²) in [5, 5.41) is 0.518. The van der Waals surface area contributed by atoms with Crippen LogP contribution < -0.4 is 9.46 Å². The van der Waals surface area contributed by atoms with Gasteiger partial charge in [0.05, 0.1) is 17.9 Å². The van der Waals surface area contributed by atoms with Crippen LogP contribution in [-0.2, 0) is 10.0 Å². The van der Waals surface area contributed by atoms with Crippen LogP contribution in [0.15, 0.2) is 42.7 Å². The van der Waals surface area contributed by atoms with Gasteiger partial charge in [-0.15, -0.1) is 6.42 Å². The molecule has 0 spiro atoms.